The van der Waals surface area contributed by atoms with Gasteiger partial charge in [0.15, 0.2) is 5.69 Å². The van der Waals surface area contributed by atoms with Gasteiger partial charge in [0.2, 0.25) is 0 Å². The predicted molar refractivity (Wildman–Crippen MR) is 105 cm³/mol. The number of H-pyrrole nitrogens is 1. The molecule has 2 heterocycles. The number of likely N-dealkylation sites (N-methyl/N-ethyl adjacent to an activating group) is 1. The highest BCUT2D eigenvalue weighted by Gasteiger charge is 2.27. The SMILES string of the molecule is CN(C)C(CNC(=O)c1n[nH]c2c1CNCC2)C1CCCCC1.Cl.Cl. The third-order valence-corrected chi connectivity index (χ3v) is 5.35. The first-order chi connectivity index (χ1) is 11.2. The van der Waals surface area contributed by atoms with Gasteiger partial charge in [-0.2, -0.15) is 5.10 Å². The highest BCUT2D eigenvalue weighted by Crippen LogP contribution is 2.28. The fourth-order valence-electron chi connectivity index (χ4n) is 3.98. The molecule has 6 nitrogen and oxygen atoms in total. The van der Waals surface area contributed by atoms with E-state index in [9.17, 15) is 4.79 Å². The highest BCUT2D eigenvalue weighted by atomic mass is 35.5. The van der Waals surface area contributed by atoms with Gasteiger partial charge in [0.05, 0.1) is 0 Å². The zero-order valence-corrected chi connectivity index (χ0v) is 16.8. The van der Waals surface area contributed by atoms with Crippen molar-refractivity contribution < 1.29 is 4.79 Å². The Hall–Kier alpha value is -0.820. The van der Waals surface area contributed by atoms with Crippen molar-refractivity contribution >= 4 is 30.7 Å². The summed E-state index contributed by atoms with van der Waals surface area (Å²) in [6, 6.07) is 0.409. The summed E-state index contributed by atoms with van der Waals surface area (Å²) in [7, 11) is 4.23. The summed E-state index contributed by atoms with van der Waals surface area (Å²) in [5.74, 6) is 0.641. The van der Waals surface area contributed by atoms with E-state index in [2.05, 4.69) is 39.8 Å². The molecule has 1 atom stereocenters. The molecule has 2 aliphatic rings. The van der Waals surface area contributed by atoms with E-state index >= 15 is 0 Å². The van der Waals surface area contributed by atoms with Crippen LogP contribution in [0.2, 0.25) is 0 Å². The number of carbonyl (C=O) groups is 1. The van der Waals surface area contributed by atoms with Crippen molar-refractivity contribution in [2.45, 2.75) is 51.1 Å². The monoisotopic (exact) mass is 391 g/mol. The maximum atomic E-state index is 12.5. The molecular formula is C17H31Cl2N5O. The van der Waals surface area contributed by atoms with Crippen LogP contribution in [0.15, 0.2) is 0 Å². The summed E-state index contributed by atoms with van der Waals surface area (Å²) < 4.78 is 0. The third-order valence-electron chi connectivity index (χ3n) is 5.35. The molecule has 1 aliphatic carbocycles. The number of nitrogens with one attached hydrogen (secondary N) is 3. The van der Waals surface area contributed by atoms with Crippen LogP contribution < -0.4 is 10.6 Å². The number of aromatic nitrogens is 2. The van der Waals surface area contributed by atoms with E-state index < -0.39 is 0 Å². The molecule has 0 aromatic carbocycles. The quantitative estimate of drug-likeness (QED) is 0.718. The zero-order chi connectivity index (χ0) is 16.2. The van der Waals surface area contributed by atoms with Gasteiger partial charge in [-0.3, -0.25) is 9.89 Å². The summed E-state index contributed by atoms with van der Waals surface area (Å²) in [6.07, 6.45) is 7.47. The second-order valence-corrected chi connectivity index (χ2v) is 7.10. The van der Waals surface area contributed by atoms with Gasteiger partial charge in [0.25, 0.3) is 5.91 Å². The topological polar surface area (TPSA) is 73.0 Å². The minimum Gasteiger partial charge on any atom is -0.349 e. The molecule has 0 spiro atoms. The average Bonchev–Trinajstić information content (AvgIpc) is 2.99. The molecule has 3 rings (SSSR count). The van der Waals surface area contributed by atoms with E-state index in [1.807, 2.05) is 0 Å². The van der Waals surface area contributed by atoms with E-state index in [0.29, 0.717) is 24.2 Å². The number of hydrogen-bond acceptors (Lipinski definition) is 4. The minimum absolute atomic E-state index is 0. The molecule has 0 radical (unpaired) electrons. The first kappa shape index (κ1) is 22.2. The molecule has 1 aromatic heterocycles. The average molecular weight is 392 g/mol. The fraction of sp³-hybridized carbons (Fsp3) is 0.765. The Labute approximate surface area is 162 Å². The Kier molecular flexibility index (Phi) is 9.21. The van der Waals surface area contributed by atoms with Crippen LogP contribution in [0.5, 0.6) is 0 Å². The number of halogens is 2. The van der Waals surface area contributed by atoms with Gasteiger partial charge in [0.1, 0.15) is 0 Å². The van der Waals surface area contributed by atoms with Crippen LogP contribution in [0.4, 0.5) is 0 Å². The van der Waals surface area contributed by atoms with Crippen LogP contribution in [0, 0.1) is 5.92 Å². The standard InChI is InChI=1S/C17H29N5O.2ClH/c1-22(2)15(12-6-4-3-5-7-12)11-19-17(23)16-13-10-18-9-8-14(13)20-21-16;;/h12,15,18H,3-11H2,1-2H3,(H,19,23)(H,20,21);2*1H. The van der Waals surface area contributed by atoms with Crippen LogP contribution in [0.1, 0.15) is 53.8 Å². The molecule has 1 fully saturated rings. The van der Waals surface area contributed by atoms with E-state index in [1.165, 1.54) is 32.1 Å². The van der Waals surface area contributed by atoms with Crippen molar-refractivity contribution in [3.8, 4) is 0 Å². The van der Waals surface area contributed by atoms with E-state index in [-0.39, 0.29) is 30.7 Å². The second kappa shape index (κ2) is 10.4. The largest absolute Gasteiger partial charge is 0.349 e. The van der Waals surface area contributed by atoms with Crippen LogP contribution >= 0.6 is 24.8 Å². The van der Waals surface area contributed by atoms with Crippen LogP contribution in [-0.4, -0.2) is 54.2 Å². The third kappa shape index (κ3) is 5.33. The molecule has 0 saturated heterocycles. The molecule has 1 saturated carbocycles. The number of rotatable bonds is 5. The molecule has 8 heteroatoms. The Bertz CT molecular complexity index is 543. The smallest absolute Gasteiger partial charge is 0.272 e. The van der Waals surface area contributed by atoms with Gasteiger partial charge in [-0.15, -0.1) is 24.8 Å². The summed E-state index contributed by atoms with van der Waals surface area (Å²) in [6.45, 7) is 2.38. The molecular weight excluding hydrogens is 361 g/mol. The van der Waals surface area contributed by atoms with Crippen molar-refractivity contribution in [2.75, 3.05) is 27.2 Å². The van der Waals surface area contributed by atoms with Crippen molar-refractivity contribution in [1.82, 2.24) is 25.7 Å². The number of hydrogen-bond donors (Lipinski definition) is 3. The lowest BCUT2D eigenvalue weighted by atomic mass is 9.83. The fourth-order valence-corrected chi connectivity index (χ4v) is 3.98. The maximum Gasteiger partial charge on any atom is 0.272 e. The molecule has 144 valence electrons. The summed E-state index contributed by atoms with van der Waals surface area (Å²) >= 11 is 0. The normalized spacial score (nSPS) is 18.7. The molecule has 1 aliphatic heterocycles. The Morgan fingerprint density at radius 2 is 2.00 bits per heavy atom. The molecule has 1 amide bonds. The second-order valence-electron chi connectivity index (χ2n) is 7.10. The van der Waals surface area contributed by atoms with Gasteiger partial charge in [-0.25, -0.2) is 0 Å². The Morgan fingerprint density at radius 1 is 1.28 bits per heavy atom. The lowest BCUT2D eigenvalue weighted by molar-refractivity contribution is 0.0915. The van der Waals surface area contributed by atoms with Gasteiger partial charge in [-0.1, -0.05) is 19.3 Å². The van der Waals surface area contributed by atoms with Crippen molar-refractivity contribution in [3.05, 3.63) is 17.0 Å². The van der Waals surface area contributed by atoms with Crippen LogP contribution in [0.3, 0.4) is 0 Å². The lowest BCUT2D eigenvalue weighted by Gasteiger charge is -2.34. The van der Waals surface area contributed by atoms with Crippen molar-refractivity contribution in [1.29, 1.82) is 0 Å². The summed E-state index contributed by atoms with van der Waals surface area (Å²) in [4.78, 5) is 14.8. The predicted octanol–water partition coefficient (Wildman–Crippen LogP) is 2.14. The first-order valence-electron chi connectivity index (χ1n) is 8.88. The number of nitrogens with zero attached hydrogens (tertiary/aromatic N) is 2. The number of fused-ring (bicyclic) bond motifs is 1. The van der Waals surface area contributed by atoms with Gasteiger partial charge in [-0.05, 0) is 32.9 Å². The lowest BCUT2D eigenvalue weighted by Crippen LogP contribution is -2.45. The maximum absolute atomic E-state index is 12.5. The van der Waals surface area contributed by atoms with Gasteiger partial charge < -0.3 is 15.5 Å². The molecule has 0 bridgehead atoms. The van der Waals surface area contributed by atoms with Crippen LogP contribution in [0.25, 0.3) is 0 Å². The van der Waals surface area contributed by atoms with Gasteiger partial charge >= 0.3 is 0 Å². The summed E-state index contributed by atoms with van der Waals surface area (Å²) in [5.41, 5.74) is 2.70. The number of carbonyl (C=O) groups excluding carboxylic acids is 1. The minimum atomic E-state index is -0.0474. The first-order valence-corrected chi connectivity index (χ1v) is 8.88. The molecule has 3 N–H and O–H groups in total. The van der Waals surface area contributed by atoms with Gasteiger partial charge in [0, 0.05) is 43.4 Å². The summed E-state index contributed by atoms with van der Waals surface area (Å²) in [5, 5.41) is 13.7. The molecule has 1 aromatic rings. The number of amides is 1. The Balaban J connectivity index is 0.00000156. The Morgan fingerprint density at radius 3 is 2.68 bits per heavy atom. The molecule has 1 unspecified atom stereocenters. The van der Waals surface area contributed by atoms with E-state index in [0.717, 1.165) is 30.8 Å². The zero-order valence-electron chi connectivity index (χ0n) is 15.1. The van der Waals surface area contributed by atoms with E-state index in [1.54, 1.807) is 0 Å². The van der Waals surface area contributed by atoms with Crippen molar-refractivity contribution in [2.24, 2.45) is 5.92 Å². The number of aromatic amines is 1. The van der Waals surface area contributed by atoms with Crippen LogP contribution in [-0.2, 0) is 13.0 Å². The van der Waals surface area contributed by atoms with Crippen molar-refractivity contribution in [3.63, 3.8) is 0 Å². The molecule has 25 heavy (non-hydrogen) atoms. The highest BCUT2D eigenvalue weighted by molar-refractivity contribution is 5.94. The van der Waals surface area contributed by atoms with E-state index in [4.69, 9.17) is 0 Å².